The maximum Gasteiger partial charge on any atom is 0.257 e. The largest absolute Gasteiger partial charge is 0.326 e. The fourth-order valence-corrected chi connectivity index (χ4v) is 3.34. The van der Waals surface area contributed by atoms with Crippen LogP contribution in [0.5, 0.6) is 0 Å². The average Bonchev–Trinajstić information content (AvgIpc) is 3.17. The molecule has 1 heterocycles. The molecule has 2 atom stereocenters. The maximum absolute atomic E-state index is 12.4. The number of nitrogens with one attached hydrogen (secondary N) is 2. The van der Waals surface area contributed by atoms with E-state index >= 15 is 0 Å². The second kappa shape index (κ2) is 7.74. The van der Waals surface area contributed by atoms with Crippen molar-refractivity contribution in [3.8, 4) is 0 Å². The highest BCUT2D eigenvalue weighted by molar-refractivity contribution is 7.15. The van der Waals surface area contributed by atoms with Crippen LogP contribution in [0.25, 0.3) is 0 Å². The molecule has 1 fully saturated rings. The van der Waals surface area contributed by atoms with Gasteiger partial charge in [-0.2, -0.15) is 0 Å². The first-order valence-electron chi connectivity index (χ1n) is 8.61. The Balaban J connectivity index is 1.61. The van der Waals surface area contributed by atoms with E-state index in [1.807, 2.05) is 0 Å². The Labute approximate surface area is 151 Å². The van der Waals surface area contributed by atoms with E-state index in [4.69, 9.17) is 0 Å². The molecule has 2 N–H and O–H groups in total. The van der Waals surface area contributed by atoms with Crippen molar-refractivity contribution in [1.29, 1.82) is 0 Å². The third kappa shape index (κ3) is 4.63. The number of carbonyl (C=O) groups is 2. The van der Waals surface area contributed by atoms with Crippen LogP contribution in [-0.4, -0.2) is 22.0 Å². The van der Waals surface area contributed by atoms with Gasteiger partial charge in [-0.05, 0) is 37.0 Å². The first-order valence-corrected chi connectivity index (χ1v) is 9.43. The molecule has 2 aromatic rings. The van der Waals surface area contributed by atoms with E-state index in [1.165, 1.54) is 11.3 Å². The summed E-state index contributed by atoms with van der Waals surface area (Å²) in [5.74, 6) is 0.315. The van der Waals surface area contributed by atoms with Gasteiger partial charge in [0.1, 0.15) is 5.01 Å². The quantitative estimate of drug-likeness (QED) is 0.790. The van der Waals surface area contributed by atoms with Crippen molar-refractivity contribution < 1.29 is 9.59 Å². The zero-order chi connectivity index (χ0) is 17.8. The summed E-state index contributed by atoms with van der Waals surface area (Å²) >= 11 is 1.40. The van der Waals surface area contributed by atoms with Gasteiger partial charge in [0.05, 0.1) is 0 Å². The summed E-state index contributed by atoms with van der Waals surface area (Å²) in [5.41, 5.74) is 1.12. The van der Waals surface area contributed by atoms with Crippen molar-refractivity contribution in [1.82, 2.24) is 10.2 Å². The van der Waals surface area contributed by atoms with Gasteiger partial charge in [-0.25, -0.2) is 0 Å². The molecule has 0 radical (unpaired) electrons. The van der Waals surface area contributed by atoms with Crippen molar-refractivity contribution >= 4 is 34.0 Å². The maximum atomic E-state index is 12.4. The zero-order valence-corrected chi connectivity index (χ0v) is 15.2. The Kier molecular flexibility index (Phi) is 5.43. The minimum atomic E-state index is -0.255. The lowest BCUT2D eigenvalue weighted by atomic mass is 10.2. The van der Waals surface area contributed by atoms with Crippen LogP contribution in [0.15, 0.2) is 24.3 Å². The molecule has 1 aromatic carbocycles. The Bertz CT molecular complexity index is 774. The summed E-state index contributed by atoms with van der Waals surface area (Å²) in [5, 5.41) is 15.2. The van der Waals surface area contributed by atoms with Crippen LogP contribution in [0.3, 0.4) is 0 Å². The van der Waals surface area contributed by atoms with E-state index < -0.39 is 0 Å². The third-order valence-corrected chi connectivity index (χ3v) is 5.17. The molecule has 132 valence electrons. The van der Waals surface area contributed by atoms with Gasteiger partial charge in [-0.1, -0.05) is 37.7 Å². The van der Waals surface area contributed by atoms with Gasteiger partial charge in [-0.15, -0.1) is 10.2 Å². The predicted octanol–water partition coefficient (Wildman–Crippen LogP) is 3.73. The van der Waals surface area contributed by atoms with Gasteiger partial charge in [0.15, 0.2) is 0 Å². The van der Waals surface area contributed by atoms with E-state index in [2.05, 4.69) is 34.7 Å². The lowest BCUT2D eigenvalue weighted by Gasteiger charge is -2.07. The van der Waals surface area contributed by atoms with E-state index in [-0.39, 0.29) is 17.7 Å². The van der Waals surface area contributed by atoms with Crippen molar-refractivity contribution in [3.05, 3.63) is 34.8 Å². The second-order valence-corrected chi connectivity index (χ2v) is 7.51. The van der Waals surface area contributed by atoms with Gasteiger partial charge in [0.2, 0.25) is 11.0 Å². The lowest BCUT2D eigenvalue weighted by Crippen LogP contribution is -2.16. The number of nitrogens with zero attached hydrogens (tertiary/aromatic N) is 2. The van der Waals surface area contributed by atoms with E-state index in [0.29, 0.717) is 22.3 Å². The molecular weight excluding hydrogens is 336 g/mol. The first-order chi connectivity index (χ1) is 12.1. The molecule has 25 heavy (non-hydrogen) atoms. The van der Waals surface area contributed by atoms with Crippen LogP contribution in [-0.2, 0) is 11.2 Å². The number of unbranched alkanes of at least 4 members (excludes halogenated alkanes) is 1. The molecule has 2 amide bonds. The van der Waals surface area contributed by atoms with Crippen LogP contribution in [0.4, 0.5) is 10.8 Å². The van der Waals surface area contributed by atoms with Gasteiger partial charge in [-0.3, -0.25) is 14.9 Å². The van der Waals surface area contributed by atoms with E-state index in [9.17, 15) is 9.59 Å². The summed E-state index contributed by atoms with van der Waals surface area (Å²) in [6, 6.07) is 6.94. The number of aromatic nitrogens is 2. The van der Waals surface area contributed by atoms with Crippen LogP contribution >= 0.6 is 11.3 Å². The van der Waals surface area contributed by atoms with Crippen molar-refractivity contribution in [2.24, 2.45) is 11.8 Å². The lowest BCUT2D eigenvalue weighted by molar-refractivity contribution is -0.117. The van der Waals surface area contributed by atoms with E-state index in [1.54, 1.807) is 24.3 Å². The average molecular weight is 358 g/mol. The Morgan fingerprint density at radius 1 is 1.28 bits per heavy atom. The predicted molar refractivity (Wildman–Crippen MR) is 98.8 cm³/mol. The van der Waals surface area contributed by atoms with Gasteiger partial charge in [0, 0.05) is 23.6 Å². The Morgan fingerprint density at radius 2 is 2.08 bits per heavy atom. The molecule has 6 nitrogen and oxygen atoms in total. The summed E-state index contributed by atoms with van der Waals surface area (Å²) in [6.07, 6.45) is 3.97. The minimum Gasteiger partial charge on any atom is -0.326 e. The highest BCUT2D eigenvalue weighted by atomic mass is 32.1. The monoisotopic (exact) mass is 358 g/mol. The number of hydrogen-bond acceptors (Lipinski definition) is 5. The molecule has 2 unspecified atom stereocenters. The highest BCUT2D eigenvalue weighted by Gasteiger charge is 2.39. The fourth-order valence-electron chi connectivity index (χ4n) is 2.56. The van der Waals surface area contributed by atoms with Crippen LogP contribution in [0.2, 0.25) is 0 Å². The molecule has 0 bridgehead atoms. The second-order valence-electron chi connectivity index (χ2n) is 6.45. The number of rotatable bonds is 7. The van der Waals surface area contributed by atoms with Gasteiger partial charge in [0.25, 0.3) is 5.91 Å². The minimum absolute atomic E-state index is 0.0229. The molecule has 3 rings (SSSR count). The molecular formula is C18H22N4O2S. The van der Waals surface area contributed by atoms with Crippen molar-refractivity contribution in [2.45, 2.75) is 39.5 Å². The molecule has 1 saturated carbocycles. The van der Waals surface area contributed by atoms with Gasteiger partial charge < -0.3 is 5.32 Å². The zero-order valence-electron chi connectivity index (χ0n) is 14.4. The third-order valence-electron chi connectivity index (χ3n) is 4.27. The number of hydrogen-bond donors (Lipinski definition) is 2. The molecule has 0 aliphatic heterocycles. The highest BCUT2D eigenvalue weighted by Crippen LogP contribution is 2.38. The van der Waals surface area contributed by atoms with Gasteiger partial charge >= 0.3 is 0 Å². The summed E-state index contributed by atoms with van der Waals surface area (Å²) in [7, 11) is 0. The number of benzene rings is 1. The normalized spacial score (nSPS) is 18.6. The smallest absolute Gasteiger partial charge is 0.257 e. The molecule has 7 heteroatoms. The Hall–Kier alpha value is -2.28. The van der Waals surface area contributed by atoms with Crippen LogP contribution in [0.1, 0.15) is 48.5 Å². The van der Waals surface area contributed by atoms with Crippen molar-refractivity contribution in [2.75, 3.05) is 10.6 Å². The molecule has 1 aliphatic rings. The number of carbonyl (C=O) groups excluding carboxylic acids is 2. The summed E-state index contributed by atoms with van der Waals surface area (Å²) < 4.78 is 0. The Morgan fingerprint density at radius 3 is 2.80 bits per heavy atom. The molecule has 1 aromatic heterocycles. The van der Waals surface area contributed by atoms with E-state index in [0.717, 1.165) is 30.7 Å². The first kappa shape index (κ1) is 17.5. The SMILES string of the molecule is CCCCc1nnc(NC(=O)c2cccc(NC(=O)C3CC3C)c2)s1. The fraction of sp³-hybridized carbons (Fsp3) is 0.444. The summed E-state index contributed by atoms with van der Waals surface area (Å²) in [4.78, 5) is 24.4. The molecule has 0 saturated heterocycles. The number of amides is 2. The standard InChI is InChI=1S/C18H22N4O2S/c1-3-4-8-15-21-22-18(25-15)20-16(23)12-6-5-7-13(10-12)19-17(24)14-9-11(14)2/h5-7,10-11,14H,3-4,8-9H2,1-2H3,(H,19,24)(H,20,22,23). The summed E-state index contributed by atoms with van der Waals surface area (Å²) in [6.45, 7) is 4.18. The van der Waals surface area contributed by atoms with Crippen LogP contribution in [0, 0.1) is 11.8 Å². The van der Waals surface area contributed by atoms with Crippen molar-refractivity contribution in [3.63, 3.8) is 0 Å². The number of aryl methyl sites for hydroxylation is 1. The molecule has 0 spiro atoms. The molecule has 1 aliphatic carbocycles. The number of anilines is 2. The van der Waals surface area contributed by atoms with Crippen LogP contribution < -0.4 is 10.6 Å². The topological polar surface area (TPSA) is 84.0 Å².